The van der Waals surface area contributed by atoms with Crippen molar-refractivity contribution in [2.45, 2.75) is 31.3 Å². The second kappa shape index (κ2) is 7.37. The Labute approximate surface area is 149 Å². The smallest absolute Gasteiger partial charge is 0.243 e. The predicted molar refractivity (Wildman–Crippen MR) is 98.1 cm³/mol. The van der Waals surface area contributed by atoms with E-state index < -0.39 is 10.0 Å². The summed E-state index contributed by atoms with van der Waals surface area (Å²) in [4.78, 5) is 5.80. The predicted octanol–water partition coefficient (Wildman–Crippen LogP) is 3.20. The maximum absolute atomic E-state index is 12.8. The molecular weight excluding hydrogens is 336 g/mol. The maximum atomic E-state index is 12.8. The molecule has 1 aliphatic rings. The van der Waals surface area contributed by atoms with Gasteiger partial charge in [-0.25, -0.2) is 8.42 Å². The van der Waals surface area contributed by atoms with E-state index in [-0.39, 0.29) is 12.6 Å². The van der Waals surface area contributed by atoms with Gasteiger partial charge in [0.2, 0.25) is 10.0 Å². The fourth-order valence-electron chi connectivity index (χ4n) is 2.81. The molecule has 2 aromatic carbocycles. The Morgan fingerprint density at radius 2 is 1.80 bits per heavy atom. The van der Waals surface area contributed by atoms with Gasteiger partial charge in [0.05, 0.1) is 17.2 Å². The van der Waals surface area contributed by atoms with Crippen molar-refractivity contribution in [3.05, 3.63) is 65.7 Å². The number of likely N-dealkylation sites (N-methyl/N-ethyl adjacent to an activating group) is 1. The van der Waals surface area contributed by atoms with E-state index in [2.05, 4.69) is 5.16 Å². The highest BCUT2D eigenvalue weighted by Crippen LogP contribution is 2.21. The molecule has 3 rings (SSSR count). The Balaban J connectivity index is 1.69. The summed E-state index contributed by atoms with van der Waals surface area (Å²) in [5, 5.41) is 4.15. The monoisotopic (exact) mass is 358 g/mol. The van der Waals surface area contributed by atoms with Gasteiger partial charge in [-0.2, -0.15) is 4.31 Å². The highest BCUT2D eigenvalue weighted by atomic mass is 32.2. The molecule has 0 radical (unpaired) electrons. The third kappa shape index (κ3) is 3.91. The molecule has 0 bridgehead atoms. The first-order valence-electron chi connectivity index (χ1n) is 8.35. The van der Waals surface area contributed by atoms with E-state index in [0.29, 0.717) is 17.9 Å². The molecule has 0 fully saturated rings. The van der Waals surface area contributed by atoms with Gasteiger partial charge in [0.15, 0.2) is 0 Å². The molecule has 132 valence electrons. The lowest BCUT2D eigenvalue weighted by molar-refractivity contribution is 0.0712. The van der Waals surface area contributed by atoms with Crippen LogP contribution in [0.25, 0.3) is 0 Å². The number of aryl methyl sites for hydroxylation is 1. The van der Waals surface area contributed by atoms with Crippen LogP contribution >= 0.6 is 0 Å². The summed E-state index contributed by atoms with van der Waals surface area (Å²) >= 11 is 0. The maximum Gasteiger partial charge on any atom is 0.243 e. The van der Waals surface area contributed by atoms with Crippen LogP contribution in [0.15, 0.2) is 64.6 Å². The van der Waals surface area contributed by atoms with Crippen LogP contribution in [0.1, 0.15) is 24.5 Å². The molecule has 6 heteroatoms. The molecule has 2 aromatic rings. The van der Waals surface area contributed by atoms with E-state index in [1.54, 1.807) is 30.3 Å². The van der Waals surface area contributed by atoms with Gasteiger partial charge in [-0.1, -0.05) is 60.1 Å². The van der Waals surface area contributed by atoms with Gasteiger partial charge in [0.25, 0.3) is 0 Å². The molecule has 0 spiro atoms. The highest BCUT2D eigenvalue weighted by Gasteiger charge is 2.30. The molecule has 0 N–H and O–H groups in total. The van der Waals surface area contributed by atoms with E-state index in [1.165, 1.54) is 9.87 Å². The molecule has 1 aliphatic heterocycles. The molecule has 0 amide bonds. The molecule has 25 heavy (non-hydrogen) atoms. The fraction of sp³-hybridized carbons (Fsp3) is 0.316. The number of rotatable bonds is 6. The minimum atomic E-state index is -3.52. The lowest BCUT2D eigenvalue weighted by Gasteiger charge is -2.22. The summed E-state index contributed by atoms with van der Waals surface area (Å²) in [6.45, 7) is 4.54. The lowest BCUT2D eigenvalue weighted by Crippen LogP contribution is -2.37. The minimum absolute atomic E-state index is 0.269. The zero-order valence-corrected chi connectivity index (χ0v) is 15.2. The van der Waals surface area contributed by atoms with Crippen LogP contribution in [0.3, 0.4) is 0 Å². The summed E-state index contributed by atoms with van der Waals surface area (Å²) in [5.41, 5.74) is 3.06. The van der Waals surface area contributed by atoms with Crippen molar-refractivity contribution in [1.29, 1.82) is 0 Å². The Bertz CT molecular complexity index is 846. The molecule has 0 unspecified atom stereocenters. The number of nitrogens with zero attached hydrogens (tertiary/aromatic N) is 2. The van der Waals surface area contributed by atoms with E-state index in [4.69, 9.17) is 4.84 Å². The van der Waals surface area contributed by atoms with Crippen molar-refractivity contribution in [1.82, 2.24) is 4.31 Å². The van der Waals surface area contributed by atoms with Crippen molar-refractivity contribution in [2.24, 2.45) is 5.16 Å². The van der Waals surface area contributed by atoms with Crippen LogP contribution in [-0.4, -0.2) is 37.6 Å². The Hall–Kier alpha value is -2.18. The van der Waals surface area contributed by atoms with Crippen LogP contribution < -0.4 is 0 Å². The van der Waals surface area contributed by atoms with Crippen LogP contribution in [0.2, 0.25) is 0 Å². The Morgan fingerprint density at radius 3 is 2.44 bits per heavy atom. The normalized spacial score (nSPS) is 17.4. The minimum Gasteiger partial charge on any atom is -0.390 e. The van der Waals surface area contributed by atoms with E-state index in [1.807, 2.05) is 38.1 Å². The van der Waals surface area contributed by atoms with Crippen LogP contribution in [0.5, 0.6) is 0 Å². The molecule has 0 aromatic heterocycles. The number of sulfonamides is 1. The quantitative estimate of drug-likeness (QED) is 0.797. The molecule has 0 saturated carbocycles. The first-order chi connectivity index (χ1) is 12.0. The average Bonchev–Trinajstić information content (AvgIpc) is 3.09. The average molecular weight is 358 g/mol. The number of hydrogen-bond donors (Lipinski definition) is 0. The Morgan fingerprint density at radius 1 is 1.12 bits per heavy atom. The van der Waals surface area contributed by atoms with Gasteiger partial charge >= 0.3 is 0 Å². The SMILES string of the molecule is CCN(C[C@@H]1CC(c2ccc(C)cc2)=NO1)S(=O)(=O)c1ccccc1. The second-order valence-corrected chi connectivity index (χ2v) is 8.04. The van der Waals surface area contributed by atoms with E-state index >= 15 is 0 Å². The number of hydrogen-bond acceptors (Lipinski definition) is 4. The standard InChI is InChI=1S/C19H22N2O3S/c1-3-21(25(22,23)18-7-5-4-6-8-18)14-17-13-19(20-24-17)16-11-9-15(2)10-12-16/h4-12,17H,3,13-14H2,1-2H3/t17-/m0/s1. The summed E-state index contributed by atoms with van der Waals surface area (Å²) in [7, 11) is -3.52. The first-order valence-corrected chi connectivity index (χ1v) is 9.79. The lowest BCUT2D eigenvalue weighted by atomic mass is 10.0. The van der Waals surface area contributed by atoms with Crippen LogP contribution in [-0.2, 0) is 14.9 Å². The van der Waals surface area contributed by atoms with Gasteiger partial charge in [-0.05, 0) is 24.6 Å². The zero-order valence-electron chi connectivity index (χ0n) is 14.4. The largest absolute Gasteiger partial charge is 0.390 e. The molecule has 1 atom stereocenters. The van der Waals surface area contributed by atoms with Crippen molar-refractivity contribution in [3.63, 3.8) is 0 Å². The summed E-state index contributed by atoms with van der Waals surface area (Å²) in [6.07, 6.45) is 0.332. The molecule has 5 nitrogen and oxygen atoms in total. The zero-order chi connectivity index (χ0) is 17.9. The van der Waals surface area contributed by atoms with Gasteiger partial charge < -0.3 is 4.84 Å². The fourth-order valence-corrected chi connectivity index (χ4v) is 4.31. The van der Waals surface area contributed by atoms with E-state index in [0.717, 1.165) is 11.3 Å². The van der Waals surface area contributed by atoms with Crippen molar-refractivity contribution >= 4 is 15.7 Å². The van der Waals surface area contributed by atoms with E-state index in [9.17, 15) is 8.42 Å². The topological polar surface area (TPSA) is 59.0 Å². The first kappa shape index (κ1) is 17.6. The molecule has 1 heterocycles. The van der Waals surface area contributed by atoms with Crippen molar-refractivity contribution < 1.29 is 13.3 Å². The molecular formula is C19H22N2O3S. The van der Waals surface area contributed by atoms with Crippen LogP contribution in [0.4, 0.5) is 0 Å². The highest BCUT2D eigenvalue weighted by molar-refractivity contribution is 7.89. The van der Waals surface area contributed by atoms with Crippen molar-refractivity contribution in [2.75, 3.05) is 13.1 Å². The number of oxime groups is 1. The van der Waals surface area contributed by atoms with Crippen molar-refractivity contribution in [3.8, 4) is 0 Å². The number of benzene rings is 2. The molecule has 0 aliphatic carbocycles. The van der Waals surface area contributed by atoms with Gasteiger partial charge in [0, 0.05) is 13.0 Å². The summed E-state index contributed by atoms with van der Waals surface area (Å²) in [6, 6.07) is 16.6. The summed E-state index contributed by atoms with van der Waals surface area (Å²) < 4.78 is 27.0. The van der Waals surface area contributed by atoms with Crippen LogP contribution in [0, 0.1) is 6.92 Å². The third-order valence-corrected chi connectivity index (χ3v) is 6.21. The summed E-state index contributed by atoms with van der Waals surface area (Å²) in [5.74, 6) is 0. The van der Waals surface area contributed by atoms with Gasteiger partial charge in [-0.3, -0.25) is 0 Å². The third-order valence-electron chi connectivity index (χ3n) is 4.26. The Kier molecular flexibility index (Phi) is 5.20. The molecule has 0 saturated heterocycles. The second-order valence-electron chi connectivity index (χ2n) is 6.10. The van der Waals surface area contributed by atoms with Gasteiger partial charge in [-0.15, -0.1) is 0 Å². The van der Waals surface area contributed by atoms with Gasteiger partial charge in [0.1, 0.15) is 6.10 Å².